The summed E-state index contributed by atoms with van der Waals surface area (Å²) in [7, 11) is 0. The van der Waals surface area contributed by atoms with Crippen LogP contribution in [0.4, 0.5) is 5.69 Å². The Bertz CT molecular complexity index is 848. The maximum Gasteiger partial charge on any atom is 0.276 e. The fourth-order valence-electron chi connectivity index (χ4n) is 2.67. The van der Waals surface area contributed by atoms with Gasteiger partial charge >= 0.3 is 0 Å². The summed E-state index contributed by atoms with van der Waals surface area (Å²) >= 11 is 0. The van der Waals surface area contributed by atoms with E-state index in [1.807, 2.05) is 30.3 Å². The van der Waals surface area contributed by atoms with E-state index in [1.165, 1.54) is 6.33 Å². The van der Waals surface area contributed by atoms with Gasteiger partial charge in [-0.15, -0.1) is 0 Å². The lowest BCUT2D eigenvalue weighted by atomic mass is 10.2. The van der Waals surface area contributed by atoms with E-state index in [-0.39, 0.29) is 5.91 Å². The van der Waals surface area contributed by atoms with E-state index < -0.39 is 0 Å². The molecule has 0 spiro atoms. The fraction of sp³-hybridized carbons (Fsp3) is 0.176. The summed E-state index contributed by atoms with van der Waals surface area (Å²) < 4.78 is 7.42. The van der Waals surface area contributed by atoms with Crippen molar-refractivity contribution in [2.75, 3.05) is 11.4 Å². The Hall–Kier alpha value is -3.22. The lowest BCUT2D eigenvalue weighted by Crippen LogP contribution is -2.40. The normalized spacial score (nSPS) is 13.7. The van der Waals surface area contributed by atoms with E-state index in [1.54, 1.807) is 28.0 Å². The van der Waals surface area contributed by atoms with Gasteiger partial charge in [0.25, 0.3) is 5.91 Å². The average molecular weight is 321 g/mol. The molecule has 1 aromatic carbocycles. The first-order valence-electron chi connectivity index (χ1n) is 7.63. The highest BCUT2D eigenvalue weighted by molar-refractivity contribution is 6.05. The van der Waals surface area contributed by atoms with Crippen LogP contribution in [0.15, 0.2) is 55.1 Å². The molecule has 0 aliphatic carbocycles. The SMILES string of the molecule is O=C1c2cc(COc3ccccc3)nn2CCN1c1cncnc1. The number of amides is 1. The van der Waals surface area contributed by atoms with Gasteiger partial charge in [-0.3, -0.25) is 9.48 Å². The molecule has 0 saturated carbocycles. The Morgan fingerprint density at radius 2 is 1.88 bits per heavy atom. The number of aromatic nitrogens is 4. The second-order valence-electron chi connectivity index (χ2n) is 5.40. The van der Waals surface area contributed by atoms with Crippen LogP contribution in [0.1, 0.15) is 16.2 Å². The van der Waals surface area contributed by atoms with Crippen LogP contribution >= 0.6 is 0 Å². The number of fused-ring (bicyclic) bond motifs is 1. The number of para-hydroxylation sites is 1. The number of ether oxygens (including phenoxy) is 1. The number of hydrogen-bond acceptors (Lipinski definition) is 5. The molecule has 4 rings (SSSR count). The largest absolute Gasteiger partial charge is 0.487 e. The number of nitrogens with zero attached hydrogens (tertiary/aromatic N) is 5. The highest BCUT2D eigenvalue weighted by atomic mass is 16.5. The number of benzene rings is 1. The predicted octanol–water partition coefficient (Wildman–Crippen LogP) is 1.91. The molecular formula is C17H15N5O2. The molecule has 0 fully saturated rings. The summed E-state index contributed by atoms with van der Waals surface area (Å²) in [6.45, 7) is 1.49. The van der Waals surface area contributed by atoms with Crippen LogP contribution in [0, 0.1) is 0 Å². The molecule has 1 aliphatic heterocycles. The summed E-state index contributed by atoms with van der Waals surface area (Å²) in [5.41, 5.74) is 1.97. The van der Waals surface area contributed by atoms with Crippen LogP contribution in [0.2, 0.25) is 0 Å². The van der Waals surface area contributed by atoms with E-state index in [2.05, 4.69) is 15.1 Å². The number of carbonyl (C=O) groups excluding carboxylic acids is 1. The Kier molecular flexibility index (Phi) is 3.66. The molecule has 0 N–H and O–H groups in total. The smallest absolute Gasteiger partial charge is 0.276 e. The zero-order valence-corrected chi connectivity index (χ0v) is 12.9. The monoisotopic (exact) mass is 321 g/mol. The number of rotatable bonds is 4. The lowest BCUT2D eigenvalue weighted by molar-refractivity contribution is 0.0962. The topological polar surface area (TPSA) is 73.1 Å². The van der Waals surface area contributed by atoms with Crippen LogP contribution in [0.3, 0.4) is 0 Å². The molecule has 0 radical (unpaired) electrons. The van der Waals surface area contributed by atoms with Crippen LogP contribution in [0.5, 0.6) is 5.75 Å². The van der Waals surface area contributed by atoms with Gasteiger partial charge in [-0.1, -0.05) is 18.2 Å². The van der Waals surface area contributed by atoms with Crippen molar-refractivity contribution < 1.29 is 9.53 Å². The molecule has 2 aromatic heterocycles. The van der Waals surface area contributed by atoms with Crippen molar-refractivity contribution in [1.29, 1.82) is 0 Å². The van der Waals surface area contributed by atoms with Crippen LogP contribution in [-0.2, 0) is 13.2 Å². The molecule has 24 heavy (non-hydrogen) atoms. The first kappa shape index (κ1) is 14.4. The van der Waals surface area contributed by atoms with E-state index in [4.69, 9.17) is 4.74 Å². The number of anilines is 1. The lowest BCUT2D eigenvalue weighted by Gasteiger charge is -2.26. The summed E-state index contributed by atoms with van der Waals surface area (Å²) in [6.07, 6.45) is 4.72. The molecule has 0 unspecified atom stereocenters. The maximum absolute atomic E-state index is 12.7. The molecule has 1 aliphatic rings. The van der Waals surface area contributed by atoms with Gasteiger partial charge in [-0.25, -0.2) is 9.97 Å². The van der Waals surface area contributed by atoms with Crippen molar-refractivity contribution >= 4 is 11.6 Å². The summed E-state index contributed by atoms with van der Waals surface area (Å²) in [6, 6.07) is 11.3. The molecule has 3 heterocycles. The second kappa shape index (κ2) is 6.11. The van der Waals surface area contributed by atoms with Gasteiger partial charge in [0.05, 0.1) is 24.6 Å². The number of hydrogen-bond donors (Lipinski definition) is 0. The van der Waals surface area contributed by atoms with Crippen molar-refractivity contribution in [2.45, 2.75) is 13.2 Å². The number of carbonyl (C=O) groups is 1. The summed E-state index contributed by atoms with van der Waals surface area (Å²) in [5, 5.41) is 4.46. The molecule has 1 amide bonds. The third kappa shape index (κ3) is 2.71. The van der Waals surface area contributed by atoms with Gasteiger partial charge in [0, 0.05) is 6.54 Å². The summed E-state index contributed by atoms with van der Waals surface area (Å²) in [5.74, 6) is 0.673. The Morgan fingerprint density at radius 3 is 2.67 bits per heavy atom. The summed E-state index contributed by atoms with van der Waals surface area (Å²) in [4.78, 5) is 22.3. The van der Waals surface area contributed by atoms with Gasteiger partial charge < -0.3 is 9.64 Å². The van der Waals surface area contributed by atoms with Crippen molar-refractivity contribution in [3.8, 4) is 5.75 Å². The molecular weight excluding hydrogens is 306 g/mol. The Balaban J connectivity index is 1.52. The average Bonchev–Trinajstić information content (AvgIpc) is 3.06. The van der Waals surface area contributed by atoms with E-state index >= 15 is 0 Å². The molecule has 0 saturated heterocycles. The van der Waals surface area contributed by atoms with E-state index in [0.717, 1.165) is 11.4 Å². The molecule has 120 valence electrons. The van der Waals surface area contributed by atoms with Crippen molar-refractivity contribution in [1.82, 2.24) is 19.7 Å². The molecule has 7 heteroatoms. The van der Waals surface area contributed by atoms with Crippen LogP contribution in [-0.4, -0.2) is 32.2 Å². The van der Waals surface area contributed by atoms with E-state index in [9.17, 15) is 4.79 Å². The maximum atomic E-state index is 12.7. The fourth-order valence-corrected chi connectivity index (χ4v) is 2.67. The second-order valence-corrected chi connectivity index (χ2v) is 5.40. The molecule has 7 nitrogen and oxygen atoms in total. The van der Waals surface area contributed by atoms with Crippen molar-refractivity contribution in [2.24, 2.45) is 0 Å². The standard InChI is InChI=1S/C17H15N5O2/c23-17-16-8-13(11-24-15-4-2-1-3-5-15)20-22(16)7-6-21(17)14-9-18-12-19-10-14/h1-5,8-10,12H,6-7,11H2. The zero-order chi connectivity index (χ0) is 16.4. The quantitative estimate of drug-likeness (QED) is 0.734. The van der Waals surface area contributed by atoms with Gasteiger partial charge in [0.2, 0.25) is 0 Å². The Labute approximate surface area is 138 Å². The minimum atomic E-state index is -0.102. The molecule has 3 aromatic rings. The molecule has 0 bridgehead atoms. The highest BCUT2D eigenvalue weighted by Crippen LogP contribution is 2.20. The third-order valence-corrected chi connectivity index (χ3v) is 3.82. The third-order valence-electron chi connectivity index (χ3n) is 3.82. The van der Waals surface area contributed by atoms with Crippen molar-refractivity contribution in [3.63, 3.8) is 0 Å². The highest BCUT2D eigenvalue weighted by Gasteiger charge is 2.27. The zero-order valence-electron chi connectivity index (χ0n) is 12.9. The van der Waals surface area contributed by atoms with Crippen LogP contribution in [0.25, 0.3) is 0 Å². The van der Waals surface area contributed by atoms with Gasteiger partial charge in [0.1, 0.15) is 30.1 Å². The van der Waals surface area contributed by atoms with Gasteiger partial charge in [-0.05, 0) is 18.2 Å². The van der Waals surface area contributed by atoms with Crippen molar-refractivity contribution in [3.05, 3.63) is 66.5 Å². The van der Waals surface area contributed by atoms with Gasteiger partial charge in [-0.2, -0.15) is 5.10 Å². The van der Waals surface area contributed by atoms with Crippen LogP contribution < -0.4 is 9.64 Å². The first-order chi connectivity index (χ1) is 11.8. The predicted molar refractivity (Wildman–Crippen MR) is 86.7 cm³/mol. The first-order valence-corrected chi connectivity index (χ1v) is 7.63. The van der Waals surface area contributed by atoms with E-state index in [0.29, 0.717) is 31.1 Å². The minimum absolute atomic E-state index is 0.102. The molecule has 0 atom stereocenters. The Morgan fingerprint density at radius 1 is 1.08 bits per heavy atom. The van der Waals surface area contributed by atoms with Gasteiger partial charge in [0.15, 0.2) is 0 Å². The minimum Gasteiger partial charge on any atom is -0.487 e.